The average Bonchev–Trinajstić information content (AvgIpc) is 3.08. The molecule has 0 amide bonds. The third-order valence-corrected chi connectivity index (χ3v) is 5.72. The molecule has 1 aliphatic carbocycles. The molecule has 0 saturated carbocycles. The molecule has 0 N–H and O–H groups in total. The third kappa shape index (κ3) is 1.66. The second kappa shape index (κ2) is 4.89. The Labute approximate surface area is 151 Å². The first kappa shape index (κ1) is 14.0. The van der Waals surface area contributed by atoms with Gasteiger partial charge in [-0.1, -0.05) is 48.5 Å². The van der Waals surface area contributed by atoms with Crippen molar-refractivity contribution in [2.45, 2.75) is 13.3 Å². The number of rotatable bonds is 0. The summed E-state index contributed by atoms with van der Waals surface area (Å²) in [4.78, 5) is 9.58. The van der Waals surface area contributed by atoms with Gasteiger partial charge in [0, 0.05) is 29.6 Å². The summed E-state index contributed by atoms with van der Waals surface area (Å²) in [6.07, 6.45) is 4.89. The van der Waals surface area contributed by atoms with E-state index < -0.39 is 0 Å². The van der Waals surface area contributed by atoms with Gasteiger partial charge in [0.05, 0.1) is 11.0 Å². The van der Waals surface area contributed by atoms with Gasteiger partial charge in [-0.25, -0.2) is 0 Å². The van der Waals surface area contributed by atoms with Crippen molar-refractivity contribution >= 4 is 32.6 Å². The Morgan fingerprint density at radius 3 is 2.54 bits per heavy atom. The normalized spacial score (nSPS) is 12.7. The van der Waals surface area contributed by atoms with Gasteiger partial charge in [0.1, 0.15) is 0 Å². The fourth-order valence-electron chi connectivity index (χ4n) is 4.54. The second-order valence-electron chi connectivity index (χ2n) is 7.10. The van der Waals surface area contributed by atoms with E-state index in [1.54, 1.807) is 0 Å². The lowest BCUT2D eigenvalue weighted by Gasteiger charge is -2.13. The van der Waals surface area contributed by atoms with Crippen molar-refractivity contribution in [1.82, 2.24) is 9.97 Å². The molecule has 0 saturated heterocycles. The van der Waals surface area contributed by atoms with Crippen LogP contribution in [0, 0.1) is 6.92 Å². The summed E-state index contributed by atoms with van der Waals surface area (Å²) < 4.78 is 0. The van der Waals surface area contributed by atoms with Crippen LogP contribution in [0.1, 0.15) is 16.7 Å². The predicted octanol–water partition coefficient (Wildman–Crippen LogP) is 5.82. The van der Waals surface area contributed by atoms with Crippen molar-refractivity contribution in [2.24, 2.45) is 0 Å². The monoisotopic (exact) mass is 332 g/mol. The quantitative estimate of drug-likeness (QED) is 0.328. The van der Waals surface area contributed by atoms with Crippen molar-refractivity contribution < 1.29 is 0 Å². The van der Waals surface area contributed by atoms with E-state index in [-0.39, 0.29) is 0 Å². The van der Waals surface area contributed by atoms with Crippen LogP contribution >= 0.6 is 0 Å². The molecule has 3 aromatic carbocycles. The van der Waals surface area contributed by atoms with E-state index in [4.69, 9.17) is 9.97 Å². The molecule has 0 spiro atoms. The first-order valence-electron chi connectivity index (χ1n) is 8.99. The summed E-state index contributed by atoms with van der Waals surface area (Å²) in [5.41, 5.74) is 8.81. The van der Waals surface area contributed by atoms with Gasteiger partial charge in [-0.3, -0.25) is 9.97 Å². The molecule has 2 heterocycles. The molecule has 6 rings (SSSR count). The lowest BCUT2D eigenvalue weighted by molar-refractivity contribution is 1.19. The van der Waals surface area contributed by atoms with Gasteiger partial charge in [-0.05, 0) is 51.6 Å². The van der Waals surface area contributed by atoms with E-state index in [2.05, 4.69) is 61.7 Å². The fourth-order valence-corrected chi connectivity index (χ4v) is 4.54. The van der Waals surface area contributed by atoms with Crippen LogP contribution in [0.15, 0.2) is 67.0 Å². The molecule has 0 aliphatic heterocycles. The maximum atomic E-state index is 4.88. The largest absolute Gasteiger partial charge is 0.254 e. The topological polar surface area (TPSA) is 25.8 Å². The summed E-state index contributed by atoms with van der Waals surface area (Å²) in [7, 11) is 0. The van der Waals surface area contributed by atoms with Crippen molar-refractivity contribution in [3.05, 3.63) is 83.7 Å². The standard InChI is InChI=1S/C24H16N2/c1-14-6-4-9-18-20(14)12-15-13-26-24-22(21(15)18)17-8-3-2-7-16(17)19-10-5-11-25-23(19)24/h2-11,13H,12H2,1H3. The number of benzene rings is 3. The molecule has 0 bridgehead atoms. The van der Waals surface area contributed by atoms with E-state index in [1.807, 2.05) is 12.3 Å². The Morgan fingerprint density at radius 1 is 0.769 bits per heavy atom. The molecule has 2 aromatic heterocycles. The molecular weight excluding hydrogens is 316 g/mol. The lowest BCUT2D eigenvalue weighted by atomic mass is 9.93. The van der Waals surface area contributed by atoms with Crippen molar-refractivity contribution in [3.8, 4) is 11.1 Å². The first-order valence-corrected chi connectivity index (χ1v) is 8.99. The van der Waals surface area contributed by atoms with E-state index >= 15 is 0 Å². The predicted molar refractivity (Wildman–Crippen MR) is 108 cm³/mol. The van der Waals surface area contributed by atoms with Gasteiger partial charge >= 0.3 is 0 Å². The maximum absolute atomic E-state index is 4.88. The van der Waals surface area contributed by atoms with Gasteiger partial charge < -0.3 is 0 Å². The lowest BCUT2D eigenvalue weighted by Crippen LogP contribution is -1.92. The Kier molecular flexibility index (Phi) is 2.63. The van der Waals surface area contributed by atoms with Crippen LogP contribution in [-0.2, 0) is 6.42 Å². The maximum Gasteiger partial charge on any atom is 0.0977 e. The molecule has 0 radical (unpaired) electrons. The summed E-state index contributed by atoms with van der Waals surface area (Å²) in [5, 5.41) is 4.93. The van der Waals surface area contributed by atoms with Crippen LogP contribution < -0.4 is 0 Å². The molecule has 1 aliphatic rings. The van der Waals surface area contributed by atoms with E-state index in [0.717, 1.165) is 17.5 Å². The number of nitrogens with zero attached hydrogens (tertiary/aromatic N) is 2. The van der Waals surface area contributed by atoms with Gasteiger partial charge in [0.2, 0.25) is 0 Å². The summed E-state index contributed by atoms with van der Waals surface area (Å²) >= 11 is 0. The zero-order valence-electron chi connectivity index (χ0n) is 14.5. The van der Waals surface area contributed by atoms with Gasteiger partial charge in [0.15, 0.2) is 0 Å². The van der Waals surface area contributed by atoms with Crippen molar-refractivity contribution in [2.75, 3.05) is 0 Å². The highest BCUT2D eigenvalue weighted by Gasteiger charge is 2.24. The Bertz CT molecular complexity index is 1330. The molecular formula is C24H16N2. The number of hydrogen-bond acceptors (Lipinski definition) is 2. The van der Waals surface area contributed by atoms with Gasteiger partial charge in [-0.15, -0.1) is 0 Å². The van der Waals surface area contributed by atoms with Gasteiger partial charge in [0.25, 0.3) is 0 Å². The molecule has 0 fully saturated rings. The van der Waals surface area contributed by atoms with Gasteiger partial charge in [-0.2, -0.15) is 0 Å². The van der Waals surface area contributed by atoms with E-state index in [1.165, 1.54) is 49.4 Å². The molecule has 5 aromatic rings. The highest BCUT2D eigenvalue weighted by atomic mass is 14.7. The van der Waals surface area contributed by atoms with Crippen LogP contribution in [0.5, 0.6) is 0 Å². The second-order valence-corrected chi connectivity index (χ2v) is 7.10. The molecule has 2 heteroatoms. The fraction of sp³-hybridized carbons (Fsp3) is 0.0833. The van der Waals surface area contributed by atoms with Crippen LogP contribution in [0.3, 0.4) is 0 Å². The summed E-state index contributed by atoms with van der Waals surface area (Å²) in [6, 6.07) is 19.4. The SMILES string of the molecule is Cc1cccc2c1Cc1cnc3c4ncccc4c4ccccc4c3c1-2. The molecule has 0 unspecified atom stereocenters. The Morgan fingerprint density at radius 2 is 1.62 bits per heavy atom. The summed E-state index contributed by atoms with van der Waals surface area (Å²) in [5.74, 6) is 0. The zero-order valence-corrected chi connectivity index (χ0v) is 14.5. The average molecular weight is 332 g/mol. The highest BCUT2D eigenvalue weighted by molar-refractivity contribution is 6.26. The number of fused-ring (bicyclic) bond motifs is 10. The minimum Gasteiger partial charge on any atom is -0.254 e. The highest BCUT2D eigenvalue weighted by Crippen LogP contribution is 2.45. The first-order chi connectivity index (χ1) is 12.8. The summed E-state index contributed by atoms with van der Waals surface area (Å²) in [6.45, 7) is 2.20. The van der Waals surface area contributed by atoms with Crippen LogP contribution in [0.25, 0.3) is 43.7 Å². The molecule has 26 heavy (non-hydrogen) atoms. The van der Waals surface area contributed by atoms with Crippen molar-refractivity contribution in [1.29, 1.82) is 0 Å². The smallest absolute Gasteiger partial charge is 0.0977 e. The number of hydrogen-bond donors (Lipinski definition) is 0. The molecule has 0 atom stereocenters. The number of pyridine rings is 2. The van der Waals surface area contributed by atoms with Crippen LogP contribution in [0.4, 0.5) is 0 Å². The minimum atomic E-state index is 0.967. The number of aryl methyl sites for hydroxylation is 1. The number of aromatic nitrogens is 2. The van der Waals surface area contributed by atoms with E-state index in [9.17, 15) is 0 Å². The molecule has 2 nitrogen and oxygen atoms in total. The molecule has 122 valence electrons. The van der Waals surface area contributed by atoms with Crippen molar-refractivity contribution in [3.63, 3.8) is 0 Å². The Balaban J connectivity index is 1.93. The third-order valence-electron chi connectivity index (χ3n) is 5.72. The van der Waals surface area contributed by atoms with E-state index in [0.29, 0.717) is 0 Å². The van der Waals surface area contributed by atoms with Crippen LogP contribution in [-0.4, -0.2) is 9.97 Å². The zero-order chi connectivity index (χ0) is 17.3. The van der Waals surface area contributed by atoms with Crippen LogP contribution in [0.2, 0.25) is 0 Å². The Hall–Kier alpha value is -3.26. The minimum absolute atomic E-state index is 0.967.